The van der Waals surface area contributed by atoms with E-state index in [0.29, 0.717) is 17.1 Å². The zero-order chi connectivity index (χ0) is 16.0. The molecule has 6 heteroatoms. The van der Waals surface area contributed by atoms with E-state index in [-0.39, 0.29) is 5.57 Å². The molecule has 1 aliphatic heterocycles. The molecule has 1 atom stereocenters. The lowest BCUT2D eigenvalue weighted by Crippen LogP contribution is -2.56. The molecule has 1 aliphatic rings. The van der Waals surface area contributed by atoms with E-state index in [9.17, 15) is 13.2 Å². The first-order chi connectivity index (χ1) is 9.61. The largest absolute Gasteiger partial charge is 0.496 e. The molecular formula is C15H19F3N2O. The van der Waals surface area contributed by atoms with Crippen LogP contribution in [0.4, 0.5) is 18.9 Å². The summed E-state index contributed by atoms with van der Waals surface area (Å²) in [5.41, 5.74) is 2.87. The maximum absolute atomic E-state index is 13.3. The van der Waals surface area contributed by atoms with Gasteiger partial charge < -0.3 is 4.74 Å². The van der Waals surface area contributed by atoms with Crippen LogP contribution >= 0.6 is 0 Å². The van der Waals surface area contributed by atoms with Crippen LogP contribution in [0.1, 0.15) is 26.3 Å². The van der Waals surface area contributed by atoms with Crippen LogP contribution in [0.25, 0.3) is 0 Å². The van der Waals surface area contributed by atoms with Crippen LogP contribution in [0.15, 0.2) is 29.5 Å². The highest BCUT2D eigenvalue weighted by Gasteiger charge is 2.57. The molecule has 1 aromatic rings. The van der Waals surface area contributed by atoms with Crippen LogP contribution in [0, 0.1) is 6.92 Å². The zero-order valence-corrected chi connectivity index (χ0v) is 12.7. The third-order valence-electron chi connectivity index (χ3n) is 4.17. The Kier molecular flexibility index (Phi) is 3.70. The number of hydrogen-bond acceptors (Lipinski definition) is 3. The third-order valence-corrected chi connectivity index (χ3v) is 4.17. The number of aryl methyl sites for hydroxylation is 1. The van der Waals surface area contributed by atoms with E-state index in [4.69, 9.17) is 4.74 Å². The molecule has 1 N–H and O–H groups in total. The molecule has 0 radical (unpaired) electrons. The number of methoxy groups -OCH3 is 1. The van der Waals surface area contributed by atoms with Crippen molar-refractivity contribution in [2.75, 3.05) is 12.1 Å². The summed E-state index contributed by atoms with van der Waals surface area (Å²) in [6.45, 7) is 6.20. The van der Waals surface area contributed by atoms with Gasteiger partial charge in [0.25, 0.3) is 0 Å². The Hall–Kier alpha value is -1.69. The molecule has 116 valence electrons. The molecule has 0 spiro atoms. The molecule has 1 unspecified atom stereocenters. The number of alkyl halides is 3. The maximum Gasteiger partial charge on any atom is 0.411 e. The van der Waals surface area contributed by atoms with Crippen LogP contribution in [-0.2, 0) is 0 Å². The van der Waals surface area contributed by atoms with E-state index < -0.39 is 11.7 Å². The van der Waals surface area contributed by atoms with E-state index in [1.807, 2.05) is 6.92 Å². The number of nitrogens with one attached hydrogen (secondary N) is 1. The number of nitrogens with zero attached hydrogens (tertiary/aromatic N) is 1. The minimum absolute atomic E-state index is 0.267. The second kappa shape index (κ2) is 4.94. The number of halogens is 3. The lowest BCUT2D eigenvalue weighted by molar-refractivity contribution is -0.177. The van der Waals surface area contributed by atoms with Crippen molar-refractivity contribution < 1.29 is 17.9 Å². The summed E-state index contributed by atoms with van der Waals surface area (Å²) in [7, 11) is 1.56. The van der Waals surface area contributed by atoms with E-state index in [1.165, 1.54) is 11.9 Å². The van der Waals surface area contributed by atoms with Gasteiger partial charge in [0, 0.05) is 5.70 Å². The number of allylic oxidation sites excluding steroid dienone is 1. The average Bonchev–Trinajstić information content (AvgIpc) is 2.64. The number of anilines is 1. The SMILES string of the molecule is COc1ccc(N2NC(C)(C(F)(F)F)C(C)=C2C)cc1C. The van der Waals surface area contributed by atoms with Crippen molar-refractivity contribution in [1.82, 2.24) is 5.43 Å². The maximum atomic E-state index is 13.3. The number of ether oxygens (including phenoxy) is 1. The summed E-state index contributed by atoms with van der Waals surface area (Å²) in [5.74, 6) is 0.704. The summed E-state index contributed by atoms with van der Waals surface area (Å²) in [6, 6.07) is 5.28. The molecule has 3 nitrogen and oxygen atoms in total. The quantitative estimate of drug-likeness (QED) is 0.895. The Bertz CT molecular complexity index is 595. The first-order valence-electron chi connectivity index (χ1n) is 6.59. The Labute approximate surface area is 122 Å². The standard InChI is InChI=1S/C15H19F3N2O/c1-9-8-12(6-7-13(9)21-5)20-11(3)10(2)14(4,19-20)15(16,17)18/h6-8,19H,1-5H3. The Morgan fingerprint density at radius 2 is 1.81 bits per heavy atom. The summed E-state index contributed by atoms with van der Waals surface area (Å²) in [5, 5.41) is 1.48. The smallest absolute Gasteiger partial charge is 0.411 e. The summed E-state index contributed by atoms with van der Waals surface area (Å²) >= 11 is 0. The summed E-state index contributed by atoms with van der Waals surface area (Å²) in [6.07, 6.45) is -4.37. The van der Waals surface area contributed by atoms with E-state index in [0.717, 1.165) is 12.5 Å². The molecule has 0 aliphatic carbocycles. The third kappa shape index (κ3) is 2.37. The number of hydrogen-bond donors (Lipinski definition) is 1. The first kappa shape index (κ1) is 15.7. The van der Waals surface area contributed by atoms with E-state index in [1.54, 1.807) is 32.2 Å². The summed E-state index contributed by atoms with van der Waals surface area (Å²) < 4.78 is 45.1. The molecule has 0 amide bonds. The highest BCUT2D eigenvalue weighted by molar-refractivity contribution is 5.59. The first-order valence-corrected chi connectivity index (χ1v) is 6.59. The zero-order valence-electron chi connectivity index (χ0n) is 12.7. The van der Waals surface area contributed by atoms with Crippen LogP contribution in [-0.4, -0.2) is 18.8 Å². The average molecular weight is 300 g/mol. The van der Waals surface area contributed by atoms with Crippen molar-refractivity contribution in [2.24, 2.45) is 0 Å². The molecule has 0 saturated heterocycles. The van der Waals surface area contributed by atoms with Crippen LogP contribution in [0.2, 0.25) is 0 Å². The molecule has 0 saturated carbocycles. The summed E-state index contributed by atoms with van der Waals surface area (Å²) in [4.78, 5) is 0. The van der Waals surface area contributed by atoms with Gasteiger partial charge in [-0.25, -0.2) is 5.43 Å². The van der Waals surface area contributed by atoms with Gasteiger partial charge in [0.1, 0.15) is 5.75 Å². The van der Waals surface area contributed by atoms with Gasteiger partial charge in [-0.2, -0.15) is 13.2 Å². The van der Waals surface area contributed by atoms with Crippen molar-refractivity contribution in [1.29, 1.82) is 0 Å². The predicted molar refractivity (Wildman–Crippen MR) is 76.2 cm³/mol. The van der Waals surface area contributed by atoms with E-state index >= 15 is 0 Å². The molecular weight excluding hydrogens is 281 g/mol. The van der Waals surface area contributed by atoms with Gasteiger partial charge in [-0.3, -0.25) is 5.01 Å². The minimum atomic E-state index is -4.37. The van der Waals surface area contributed by atoms with Crippen molar-refractivity contribution >= 4 is 5.69 Å². The van der Waals surface area contributed by atoms with Crippen LogP contribution < -0.4 is 15.2 Å². The van der Waals surface area contributed by atoms with Crippen LogP contribution in [0.3, 0.4) is 0 Å². The lowest BCUT2D eigenvalue weighted by atomic mass is 9.93. The number of rotatable bonds is 2. The van der Waals surface area contributed by atoms with Gasteiger partial charge in [0.05, 0.1) is 12.8 Å². The molecule has 0 fully saturated rings. The normalized spacial score (nSPS) is 23.0. The van der Waals surface area contributed by atoms with Gasteiger partial charge in [0.2, 0.25) is 0 Å². The fourth-order valence-electron chi connectivity index (χ4n) is 2.46. The molecule has 2 rings (SSSR count). The van der Waals surface area contributed by atoms with Crippen LogP contribution in [0.5, 0.6) is 5.75 Å². The molecule has 0 aromatic heterocycles. The second-order valence-electron chi connectivity index (χ2n) is 5.43. The Morgan fingerprint density at radius 3 is 2.24 bits per heavy atom. The van der Waals surface area contributed by atoms with Gasteiger partial charge in [-0.1, -0.05) is 0 Å². The highest BCUT2D eigenvalue weighted by Crippen LogP contribution is 2.43. The van der Waals surface area contributed by atoms with Gasteiger partial charge in [0.15, 0.2) is 5.54 Å². The van der Waals surface area contributed by atoms with Gasteiger partial charge in [-0.15, -0.1) is 0 Å². The van der Waals surface area contributed by atoms with Gasteiger partial charge >= 0.3 is 6.18 Å². The minimum Gasteiger partial charge on any atom is -0.496 e. The van der Waals surface area contributed by atoms with E-state index in [2.05, 4.69) is 5.43 Å². The monoisotopic (exact) mass is 300 g/mol. The number of hydrazine groups is 1. The Morgan fingerprint density at radius 1 is 1.19 bits per heavy atom. The van der Waals surface area contributed by atoms with Crippen molar-refractivity contribution in [3.63, 3.8) is 0 Å². The molecule has 0 bridgehead atoms. The molecule has 1 aromatic carbocycles. The fourth-order valence-corrected chi connectivity index (χ4v) is 2.46. The molecule has 21 heavy (non-hydrogen) atoms. The highest BCUT2D eigenvalue weighted by atomic mass is 19.4. The second-order valence-corrected chi connectivity index (χ2v) is 5.43. The fraction of sp³-hybridized carbons (Fsp3) is 0.467. The van der Waals surface area contributed by atoms with Crippen molar-refractivity contribution in [2.45, 2.75) is 39.4 Å². The topological polar surface area (TPSA) is 24.5 Å². The molecule has 1 heterocycles. The lowest BCUT2D eigenvalue weighted by Gasteiger charge is -2.31. The Balaban J connectivity index is 2.42. The van der Waals surface area contributed by atoms with Crippen molar-refractivity contribution in [3.8, 4) is 5.75 Å². The number of benzene rings is 1. The predicted octanol–water partition coefficient (Wildman–Crippen LogP) is 3.94. The van der Waals surface area contributed by atoms with Crippen molar-refractivity contribution in [3.05, 3.63) is 35.0 Å². The van der Waals surface area contributed by atoms with Gasteiger partial charge in [-0.05, 0) is 57.0 Å².